The number of furan rings is 1. The fraction of sp³-hybridized carbons (Fsp3) is 0.211. The number of aryl methyl sites for hydroxylation is 1. The quantitative estimate of drug-likeness (QED) is 0.668. The first-order chi connectivity index (χ1) is 12.1. The fourth-order valence-electron chi connectivity index (χ4n) is 2.58. The molecule has 0 amide bonds. The first-order valence-corrected chi connectivity index (χ1v) is 7.99. The maximum Gasteiger partial charge on any atom is 0.342 e. The van der Waals surface area contributed by atoms with E-state index in [2.05, 4.69) is 4.98 Å². The molecular weight excluding hydrogens is 320 g/mol. The van der Waals surface area contributed by atoms with Crippen LogP contribution in [0.15, 0.2) is 51.9 Å². The first kappa shape index (κ1) is 16.7. The van der Waals surface area contributed by atoms with Crippen LogP contribution < -0.4 is 5.56 Å². The Morgan fingerprint density at radius 1 is 1.32 bits per heavy atom. The van der Waals surface area contributed by atoms with Crippen LogP contribution in [0.25, 0.3) is 17.2 Å². The Hall–Kier alpha value is -3.15. The number of hydrogen-bond acceptors (Lipinski definition) is 5. The molecule has 0 bridgehead atoms. The van der Waals surface area contributed by atoms with Crippen LogP contribution >= 0.6 is 0 Å². The van der Waals surface area contributed by atoms with Crippen LogP contribution in [-0.4, -0.2) is 22.1 Å². The summed E-state index contributed by atoms with van der Waals surface area (Å²) >= 11 is 0. The Labute approximate surface area is 144 Å². The molecule has 2 aromatic heterocycles. The van der Waals surface area contributed by atoms with Crippen LogP contribution in [0, 0.1) is 6.92 Å². The Morgan fingerprint density at radius 3 is 2.80 bits per heavy atom. The average molecular weight is 338 g/mol. The molecule has 0 atom stereocenters. The third kappa shape index (κ3) is 3.38. The van der Waals surface area contributed by atoms with Gasteiger partial charge >= 0.3 is 5.97 Å². The van der Waals surface area contributed by atoms with E-state index in [1.807, 2.05) is 42.5 Å². The Bertz CT molecular complexity index is 984. The molecule has 6 heteroatoms. The minimum Gasteiger partial charge on any atom is -0.462 e. The molecule has 0 unspecified atom stereocenters. The van der Waals surface area contributed by atoms with Gasteiger partial charge in [-0.2, -0.15) is 0 Å². The van der Waals surface area contributed by atoms with Crippen molar-refractivity contribution < 1.29 is 13.9 Å². The summed E-state index contributed by atoms with van der Waals surface area (Å²) < 4.78 is 11.9. The zero-order valence-electron chi connectivity index (χ0n) is 14.1. The summed E-state index contributed by atoms with van der Waals surface area (Å²) in [6.07, 6.45) is 5.20. The van der Waals surface area contributed by atoms with Gasteiger partial charge in [0.2, 0.25) is 5.71 Å². The molecule has 3 rings (SSSR count). The smallest absolute Gasteiger partial charge is 0.342 e. The highest BCUT2D eigenvalue weighted by Gasteiger charge is 2.23. The summed E-state index contributed by atoms with van der Waals surface area (Å²) in [6.45, 7) is 3.88. The second-order valence-electron chi connectivity index (χ2n) is 5.45. The third-order valence-corrected chi connectivity index (χ3v) is 3.75. The van der Waals surface area contributed by atoms with E-state index in [0.29, 0.717) is 12.3 Å². The summed E-state index contributed by atoms with van der Waals surface area (Å²) in [7, 11) is 0. The summed E-state index contributed by atoms with van der Waals surface area (Å²) in [5, 5.41) is 0.159. The van der Waals surface area contributed by atoms with E-state index in [9.17, 15) is 9.59 Å². The van der Waals surface area contributed by atoms with E-state index in [1.165, 1.54) is 10.9 Å². The van der Waals surface area contributed by atoms with Crippen molar-refractivity contribution in [3.63, 3.8) is 0 Å². The van der Waals surface area contributed by atoms with Gasteiger partial charge in [-0.1, -0.05) is 42.5 Å². The average Bonchev–Trinajstić information content (AvgIpc) is 2.95. The van der Waals surface area contributed by atoms with Crippen LogP contribution in [-0.2, 0) is 11.3 Å². The summed E-state index contributed by atoms with van der Waals surface area (Å²) in [4.78, 5) is 29.0. The number of benzene rings is 1. The molecule has 0 saturated heterocycles. The lowest BCUT2D eigenvalue weighted by molar-refractivity contribution is 0.0526. The number of carbonyl (C=O) groups is 1. The van der Waals surface area contributed by atoms with Gasteiger partial charge in [0.15, 0.2) is 0 Å². The third-order valence-electron chi connectivity index (χ3n) is 3.75. The molecule has 0 fully saturated rings. The summed E-state index contributed by atoms with van der Waals surface area (Å²) in [5.74, 6) is -0.245. The van der Waals surface area contributed by atoms with Crippen molar-refractivity contribution in [3.05, 3.63) is 70.0 Å². The van der Waals surface area contributed by atoms with Crippen LogP contribution in [0.5, 0.6) is 0 Å². The molecule has 3 aromatic rings. The topological polar surface area (TPSA) is 74.3 Å². The van der Waals surface area contributed by atoms with Crippen molar-refractivity contribution in [2.75, 3.05) is 6.61 Å². The molecule has 25 heavy (non-hydrogen) atoms. The summed E-state index contributed by atoms with van der Waals surface area (Å²) in [5.41, 5.74) is 1.00. The lowest BCUT2D eigenvalue weighted by Gasteiger charge is -2.02. The maximum atomic E-state index is 12.7. The molecular formula is C19H18N2O4. The van der Waals surface area contributed by atoms with E-state index in [-0.39, 0.29) is 28.8 Å². The van der Waals surface area contributed by atoms with Crippen molar-refractivity contribution in [2.45, 2.75) is 20.4 Å². The van der Waals surface area contributed by atoms with Crippen molar-refractivity contribution in [1.82, 2.24) is 9.55 Å². The van der Waals surface area contributed by atoms with Crippen molar-refractivity contribution >= 4 is 23.1 Å². The number of hydrogen-bond donors (Lipinski definition) is 0. The van der Waals surface area contributed by atoms with Crippen LogP contribution in [0.2, 0.25) is 0 Å². The molecule has 128 valence electrons. The molecule has 0 spiro atoms. The van der Waals surface area contributed by atoms with Gasteiger partial charge in [0.05, 0.1) is 6.61 Å². The number of allylic oxidation sites excluding steroid dienone is 1. The molecule has 1 aromatic carbocycles. The molecule has 0 radical (unpaired) electrons. The monoisotopic (exact) mass is 338 g/mol. The molecule has 0 aliphatic carbocycles. The number of esters is 1. The number of fused-ring (bicyclic) bond motifs is 1. The Balaban J connectivity index is 1.96. The highest BCUT2D eigenvalue weighted by molar-refractivity contribution is 6.03. The van der Waals surface area contributed by atoms with Gasteiger partial charge in [0, 0.05) is 6.54 Å². The molecule has 0 aliphatic rings. The van der Waals surface area contributed by atoms with Crippen LogP contribution in [0.3, 0.4) is 0 Å². The van der Waals surface area contributed by atoms with Crippen LogP contribution in [0.1, 0.15) is 28.6 Å². The van der Waals surface area contributed by atoms with Gasteiger partial charge in [-0.25, -0.2) is 9.78 Å². The number of nitrogens with zero attached hydrogens (tertiary/aromatic N) is 2. The van der Waals surface area contributed by atoms with Gasteiger partial charge in [-0.15, -0.1) is 0 Å². The van der Waals surface area contributed by atoms with Gasteiger partial charge in [-0.05, 0) is 19.4 Å². The predicted molar refractivity (Wildman–Crippen MR) is 94.4 cm³/mol. The number of ether oxygens (including phenoxy) is 1. The van der Waals surface area contributed by atoms with E-state index in [1.54, 1.807) is 13.8 Å². The Kier molecular flexibility index (Phi) is 4.79. The molecule has 0 saturated carbocycles. The largest absolute Gasteiger partial charge is 0.462 e. The zero-order chi connectivity index (χ0) is 17.8. The highest BCUT2D eigenvalue weighted by atomic mass is 16.5. The van der Waals surface area contributed by atoms with E-state index >= 15 is 0 Å². The van der Waals surface area contributed by atoms with E-state index < -0.39 is 5.97 Å². The van der Waals surface area contributed by atoms with Gasteiger partial charge in [-0.3, -0.25) is 9.36 Å². The Morgan fingerprint density at radius 2 is 2.08 bits per heavy atom. The number of aromatic nitrogens is 2. The van der Waals surface area contributed by atoms with Crippen LogP contribution in [0.4, 0.5) is 0 Å². The first-order valence-electron chi connectivity index (χ1n) is 7.99. The second kappa shape index (κ2) is 7.17. The van der Waals surface area contributed by atoms with Crippen molar-refractivity contribution in [2.24, 2.45) is 0 Å². The SMILES string of the molecule is CCOC(=O)c1c(C)oc2ncn(CC=Cc3ccccc3)c(=O)c12. The lowest BCUT2D eigenvalue weighted by Crippen LogP contribution is -2.21. The van der Waals surface area contributed by atoms with Crippen molar-refractivity contribution in [1.29, 1.82) is 0 Å². The van der Waals surface area contributed by atoms with E-state index in [4.69, 9.17) is 9.15 Å². The maximum absolute atomic E-state index is 12.7. The summed E-state index contributed by atoms with van der Waals surface area (Å²) in [6, 6.07) is 9.77. The number of rotatable bonds is 5. The minimum absolute atomic E-state index is 0.147. The molecule has 0 N–H and O–H groups in total. The predicted octanol–water partition coefficient (Wildman–Crippen LogP) is 3.19. The number of carbonyl (C=O) groups excluding carboxylic acids is 1. The second-order valence-corrected chi connectivity index (χ2v) is 5.45. The van der Waals surface area contributed by atoms with Crippen molar-refractivity contribution in [3.8, 4) is 0 Å². The zero-order valence-corrected chi connectivity index (χ0v) is 14.1. The fourth-order valence-corrected chi connectivity index (χ4v) is 2.58. The van der Waals surface area contributed by atoms with Gasteiger partial charge < -0.3 is 9.15 Å². The highest BCUT2D eigenvalue weighted by Crippen LogP contribution is 2.21. The van der Waals surface area contributed by atoms with Gasteiger partial charge in [0.25, 0.3) is 5.56 Å². The molecule has 6 nitrogen and oxygen atoms in total. The standard InChI is InChI=1S/C19H18N2O4/c1-3-24-19(23)15-13(2)25-17-16(15)18(22)21(12-20-17)11-7-10-14-8-5-4-6-9-14/h4-10,12H,3,11H2,1-2H3. The lowest BCUT2D eigenvalue weighted by atomic mass is 10.2. The molecule has 0 aliphatic heterocycles. The normalized spacial score (nSPS) is 11.3. The molecule has 2 heterocycles. The van der Waals surface area contributed by atoms with E-state index in [0.717, 1.165) is 5.56 Å². The van der Waals surface area contributed by atoms with Gasteiger partial charge in [0.1, 0.15) is 23.0 Å². The minimum atomic E-state index is -0.574.